The second-order valence-corrected chi connectivity index (χ2v) is 3.72. The van der Waals surface area contributed by atoms with E-state index in [4.69, 9.17) is 9.47 Å². The van der Waals surface area contributed by atoms with Crippen molar-refractivity contribution in [3.8, 4) is 0 Å². The van der Waals surface area contributed by atoms with Crippen LogP contribution in [0.2, 0.25) is 0 Å². The van der Waals surface area contributed by atoms with Crippen molar-refractivity contribution in [1.29, 1.82) is 0 Å². The Morgan fingerprint density at radius 1 is 0.929 bits per heavy atom. The van der Waals surface area contributed by atoms with E-state index in [2.05, 4.69) is 9.80 Å². The lowest BCUT2D eigenvalue weighted by Gasteiger charge is -2.35. The number of ether oxygens (including phenoxy) is 2. The average Bonchev–Trinajstić information content (AvgIpc) is 2.24. The van der Waals surface area contributed by atoms with Crippen molar-refractivity contribution < 1.29 is 9.47 Å². The van der Waals surface area contributed by atoms with E-state index in [0.717, 1.165) is 33.0 Å². The molecule has 0 amide bonds. The third kappa shape index (κ3) is 4.37. The predicted octanol–water partition coefficient (Wildman–Crippen LogP) is 0.244. The molecule has 14 heavy (non-hydrogen) atoms. The standard InChI is InChI=1S/C10H22N2O2/c1-13-8-6-11-4-3-5-12(10-11)7-9-14-2/h3-10H2,1-2H3. The highest BCUT2D eigenvalue weighted by Gasteiger charge is 2.15. The third-order valence-corrected chi connectivity index (χ3v) is 2.57. The van der Waals surface area contributed by atoms with Gasteiger partial charge in [0.25, 0.3) is 0 Å². The number of rotatable bonds is 6. The lowest BCUT2D eigenvalue weighted by atomic mass is 10.3. The summed E-state index contributed by atoms with van der Waals surface area (Å²) in [6.45, 7) is 7.21. The van der Waals surface area contributed by atoms with Gasteiger partial charge in [0.2, 0.25) is 0 Å². The first-order chi connectivity index (χ1) is 6.86. The largest absolute Gasteiger partial charge is 0.383 e. The minimum Gasteiger partial charge on any atom is -0.383 e. The second-order valence-electron chi connectivity index (χ2n) is 3.72. The SMILES string of the molecule is COCCN1CCCN(CCOC)C1. The van der Waals surface area contributed by atoms with Crippen LogP contribution in [0.25, 0.3) is 0 Å². The quantitative estimate of drug-likeness (QED) is 0.616. The summed E-state index contributed by atoms with van der Waals surface area (Å²) in [5, 5.41) is 0. The molecule has 1 saturated heterocycles. The molecule has 84 valence electrons. The van der Waals surface area contributed by atoms with Gasteiger partial charge in [-0.15, -0.1) is 0 Å². The molecule has 0 unspecified atom stereocenters. The molecular formula is C10H22N2O2. The molecule has 0 radical (unpaired) electrons. The Kier molecular flexibility index (Phi) is 6.10. The van der Waals surface area contributed by atoms with E-state index < -0.39 is 0 Å². The smallest absolute Gasteiger partial charge is 0.0590 e. The topological polar surface area (TPSA) is 24.9 Å². The van der Waals surface area contributed by atoms with Gasteiger partial charge in [-0.25, -0.2) is 0 Å². The van der Waals surface area contributed by atoms with E-state index in [1.807, 2.05) is 0 Å². The third-order valence-electron chi connectivity index (χ3n) is 2.57. The Morgan fingerprint density at radius 2 is 1.43 bits per heavy atom. The van der Waals surface area contributed by atoms with Crippen LogP contribution < -0.4 is 0 Å². The molecule has 1 aliphatic heterocycles. The van der Waals surface area contributed by atoms with Crippen LogP contribution in [0.3, 0.4) is 0 Å². The molecule has 0 aromatic rings. The van der Waals surface area contributed by atoms with E-state index >= 15 is 0 Å². The van der Waals surface area contributed by atoms with E-state index in [0.29, 0.717) is 0 Å². The van der Waals surface area contributed by atoms with Crippen LogP contribution in [-0.2, 0) is 9.47 Å². The fraction of sp³-hybridized carbons (Fsp3) is 1.00. The lowest BCUT2D eigenvalue weighted by Crippen LogP contribution is -2.46. The fourth-order valence-electron chi connectivity index (χ4n) is 1.75. The van der Waals surface area contributed by atoms with E-state index in [1.54, 1.807) is 14.2 Å². The number of methoxy groups -OCH3 is 2. The predicted molar refractivity (Wildman–Crippen MR) is 56.4 cm³/mol. The van der Waals surface area contributed by atoms with Gasteiger partial charge in [-0.1, -0.05) is 0 Å². The molecule has 4 nitrogen and oxygen atoms in total. The summed E-state index contributed by atoms with van der Waals surface area (Å²) in [7, 11) is 3.51. The molecule has 0 spiro atoms. The molecule has 0 N–H and O–H groups in total. The molecule has 0 bridgehead atoms. The maximum Gasteiger partial charge on any atom is 0.0590 e. The zero-order valence-corrected chi connectivity index (χ0v) is 9.37. The van der Waals surface area contributed by atoms with Crippen molar-refractivity contribution in [2.75, 3.05) is 60.3 Å². The molecule has 1 rings (SSSR count). The van der Waals surface area contributed by atoms with Crippen molar-refractivity contribution >= 4 is 0 Å². The fourth-order valence-corrected chi connectivity index (χ4v) is 1.75. The molecule has 0 atom stereocenters. The van der Waals surface area contributed by atoms with Gasteiger partial charge in [-0.05, 0) is 6.42 Å². The Labute approximate surface area is 86.8 Å². The molecule has 1 heterocycles. The summed E-state index contributed by atoms with van der Waals surface area (Å²) in [6, 6.07) is 0. The van der Waals surface area contributed by atoms with Crippen LogP contribution in [0.4, 0.5) is 0 Å². The summed E-state index contributed by atoms with van der Waals surface area (Å²) in [6.07, 6.45) is 1.26. The van der Waals surface area contributed by atoms with Crippen LogP contribution in [0.1, 0.15) is 6.42 Å². The van der Waals surface area contributed by atoms with Crippen molar-refractivity contribution in [3.05, 3.63) is 0 Å². The van der Waals surface area contributed by atoms with Crippen molar-refractivity contribution in [1.82, 2.24) is 9.80 Å². The Hall–Kier alpha value is -0.160. The van der Waals surface area contributed by atoms with Gasteiger partial charge in [-0.3, -0.25) is 9.80 Å². The van der Waals surface area contributed by atoms with Crippen LogP contribution in [0.5, 0.6) is 0 Å². The highest BCUT2D eigenvalue weighted by molar-refractivity contribution is 4.68. The molecule has 4 heteroatoms. The molecular weight excluding hydrogens is 180 g/mol. The number of hydrogen-bond donors (Lipinski definition) is 0. The summed E-state index contributed by atoms with van der Waals surface area (Å²) >= 11 is 0. The Bertz CT molecular complexity index is 130. The zero-order valence-electron chi connectivity index (χ0n) is 9.37. The Balaban J connectivity index is 2.14. The van der Waals surface area contributed by atoms with Gasteiger partial charge in [0.05, 0.1) is 19.9 Å². The van der Waals surface area contributed by atoms with Gasteiger partial charge in [-0.2, -0.15) is 0 Å². The first-order valence-corrected chi connectivity index (χ1v) is 5.29. The summed E-state index contributed by atoms with van der Waals surface area (Å²) in [4.78, 5) is 4.87. The maximum atomic E-state index is 5.08. The molecule has 0 aromatic carbocycles. The van der Waals surface area contributed by atoms with Gasteiger partial charge in [0.1, 0.15) is 0 Å². The Morgan fingerprint density at radius 3 is 1.86 bits per heavy atom. The molecule has 1 aliphatic rings. The summed E-state index contributed by atoms with van der Waals surface area (Å²) < 4.78 is 10.2. The van der Waals surface area contributed by atoms with Gasteiger partial charge < -0.3 is 9.47 Å². The zero-order chi connectivity index (χ0) is 10.2. The highest BCUT2D eigenvalue weighted by atomic mass is 16.5. The number of nitrogens with zero attached hydrogens (tertiary/aromatic N) is 2. The molecule has 0 aliphatic carbocycles. The summed E-state index contributed by atoms with van der Waals surface area (Å²) in [5.41, 5.74) is 0. The number of hydrogen-bond acceptors (Lipinski definition) is 4. The van der Waals surface area contributed by atoms with Crippen LogP contribution in [-0.4, -0.2) is 70.1 Å². The average molecular weight is 202 g/mol. The lowest BCUT2D eigenvalue weighted by molar-refractivity contribution is 0.0451. The first-order valence-electron chi connectivity index (χ1n) is 5.29. The molecule has 0 saturated carbocycles. The van der Waals surface area contributed by atoms with E-state index in [-0.39, 0.29) is 0 Å². The molecule has 1 fully saturated rings. The van der Waals surface area contributed by atoms with Crippen LogP contribution >= 0.6 is 0 Å². The first kappa shape index (κ1) is 11.9. The normalized spacial score (nSPS) is 20.1. The summed E-state index contributed by atoms with van der Waals surface area (Å²) in [5.74, 6) is 0. The minimum atomic E-state index is 0.831. The highest BCUT2D eigenvalue weighted by Crippen LogP contribution is 2.04. The molecule has 0 aromatic heterocycles. The maximum absolute atomic E-state index is 5.08. The van der Waals surface area contributed by atoms with E-state index in [1.165, 1.54) is 19.5 Å². The van der Waals surface area contributed by atoms with Gasteiger partial charge >= 0.3 is 0 Å². The van der Waals surface area contributed by atoms with Crippen molar-refractivity contribution in [2.45, 2.75) is 6.42 Å². The van der Waals surface area contributed by atoms with Crippen LogP contribution in [0, 0.1) is 0 Å². The van der Waals surface area contributed by atoms with Gasteiger partial charge in [0.15, 0.2) is 0 Å². The van der Waals surface area contributed by atoms with Crippen molar-refractivity contribution in [3.63, 3.8) is 0 Å². The monoisotopic (exact) mass is 202 g/mol. The van der Waals surface area contributed by atoms with Crippen molar-refractivity contribution in [2.24, 2.45) is 0 Å². The van der Waals surface area contributed by atoms with E-state index in [9.17, 15) is 0 Å². The van der Waals surface area contributed by atoms with Crippen LogP contribution in [0.15, 0.2) is 0 Å². The minimum absolute atomic E-state index is 0.831. The second kappa shape index (κ2) is 7.17. The van der Waals surface area contributed by atoms with Gasteiger partial charge in [0, 0.05) is 40.4 Å².